The van der Waals surface area contributed by atoms with Crippen LogP contribution in [-0.2, 0) is 0 Å². The molecule has 2 heterocycles. The van der Waals surface area contributed by atoms with E-state index in [1.54, 1.807) is 0 Å². The van der Waals surface area contributed by atoms with E-state index in [1.165, 1.54) is 37.0 Å². The molecule has 0 bridgehead atoms. The van der Waals surface area contributed by atoms with Gasteiger partial charge in [0.05, 0.1) is 5.69 Å². The van der Waals surface area contributed by atoms with Crippen molar-refractivity contribution in [3.05, 3.63) is 140 Å². The van der Waals surface area contributed by atoms with Crippen molar-refractivity contribution >= 4 is 70.5 Å². The molecule has 0 radical (unpaired) electrons. The lowest BCUT2D eigenvalue weighted by molar-refractivity contribution is 0.669. The Morgan fingerprint density at radius 1 is 0.462 bits per heavy atom. The van der Waals surface area contributed by atoms with Gasteiger partial charge in [0.1, 0.15) is 11.2 Å². The fourth-order valence-electron chi connectivity index (χ4n) is 5.66. The first-order chi connectivity index (χ1) is 19.3. The Bertz CT molecular complexity index is 2120. The topological polar surface area (TPSA) is 16.4 Å². The second-order valence-electron chi connectivity index (χ2n) is 9.78. The van der Waals surface area contributed by atoms with Crippen molar-refractivity contribution in [1.82, 2.24) is 0 Å². The first kappa shape index (κ1) is 22.2. The van der Waals surface area contributed by atoms with Crippen LogP contribution in [0.5, 0.6) is 0 Å². The highest BCUT2D eigenvalue weighted by Crippen LogP contribution is 2.45. The molecule has 3 heteroatoms. The molecule has 0 aliphatic carbocycles. The lowest BCUT2D eigenvalue weighted by Gasteiger charge is -2.27. The van der Waals surface area contributed by atoms with Crippen LogP contribution in [0.15, 0.2) is 144 Å². The van der Waals surface area contributed by atoms with Crippen molar-refractivity contribution in [1.29, 1.82) is 0 Å². The van der Waals surface area contributed by atoms with E-state index in [-0.39, 0.29) is 0 Å². The highest BCUT2D eigenvalue weighted by molar-refractivity contribution is 7.26. The summed E-state index contributed by atoms with van der Waals surface area (Å²) in [5, 5.41) is 4.82. The summed E-state index contributed by atoms with van der Waals surface area (Å²) in [6.07, 6.45) is 0. The second kappa shape index (κ2) is 8.87. The van der Waals surface area contributed by atoms with E-state index in [0.717, 1.165) is 33.3 Å². The van der Waals surface area contributed by atoms with E-state index in [9.17, 15) is 0 Å². The Morgan fingerprint density at radius 2 is 1.13 bits per heavy atom. The molecule has 2 aromatic heterocycles. The minimum atomic E-state index is 0.901. The van der Waals surface area contributed by atoms with Gasteiger partial charge >= 0.3 is 0 Å². The zero-order valence-corrected chi connectivity index (χ0v) is 21.9. The molecule has 0 N–H and O–H groups in total. The van der Waals surface area contributed by atoms with Gasteiger partial charge in [-0.2, -0.15) is 0 Å². The van der Waals surface area contributed by atoms with Crippen molar-refractivity contribution in [2.45, 2.75) is 0 Å². The molecule has 0 saturated heterocycles. The van der Waals surface area contributed by atoms with E-state index in [4.69, 9.17) is 4.42 Å². The maximum atomic E-state index is 6.16. The quantitative estimate of drug-likeness (QED) is 0.231. The van der Waals surface area contributed by atoms with E-state index in [0.29, 0.717) is 0 Å². The van der Waals surface area contributed by atoms with Gasteiger partial charge in [-0.3, -0.25) is 0 Å². The second-order valence-corrected chi connectivity index (χ2v) is 10.9. The van der Waals surface area contributed by atoms with Crippen molar-refractivity contribution in [3.63, 3.8) is 0 Å². The van der Waals surface area contributed by atoms with E-state index in [2.05, 4.69) is 132 Å². The van der Waals surface area contributed by atoms with Crippen LogP contribution < -0.4 is 4.90 Å². The van der Waals surface area contributed by atoms with Gasteiger partial charge in [-0.25, -0.2) is 0 Å². The Labute approximate surface area is 230 Å². The lowest BCUT2D eigenvalue weighted by atomic mass is 10.0. The van der Waals surface area contributed by atoms with Crippen LogP contribution in [0.2, 0.25) is 0 Å². The molecule has 0 amide bonds. The van der Waals surface area contributed by atoms with Gasteiger partial charge in [0.15, 0.2) is 0 Å². The third-order valence-corrected chi connectivity index (χ3v) is 8.61. The number of para-hydroxylation sites is 1. The highest BCUT2D eigenvalue weighted by atomic mass is 32.1. The molecule has 0 atom stereocenters. The van der Waals surface area contributed by atoms with Crippen LogP contribution in [0.1, 0.15) is 0 Å². The van der Waals surface area contributed by atoms with Gasteiger partial charge < -0.3 is 9.32 Å². The summed E-state index contributed by atoms with van der Waals surface area (Å²) in [6, 6.07) is 49.6. The smallest absolute Gasteiger partial charge is 0.135 e. The van der Waals surface area contributed by atoms with Crippen molar-refractivity contribution in [3.8, 4) is 11.1 Å². The normalized spacial score (nSPS) is 11.6. The minimum absolute atomic E-state index is 0.901. The standard InChI is InChI=1S/C36H23NOS/c1-2-9-24(10-3-1)25-17-19-26(20-18-25)37(27-21-22-33-30(23-27)28-11-4-6-14-32(28)38-33)31-13-8-16-35-36(31)29-12-5-7-15-34(29)39-35/h1-23H. The molecule has 0 saturated carbocycles. The minimum Gasteiger partial charge on any atom is -0.456 e. The Hall–Kier alpha value is -4.86. The summed E-state index contributed by atoms with van der Waals surface area (Å²) in [6.45, 7) is 0. The molecule has 6 aromatic carbocycles. The summed E-state index contributed by atoms with van der Waals surface area (Å²) < 4.78 is 8.75. The molecule has 0 fully saturated rings. The summed E-state index contributed by atoms with van der Waals surface area (Å²) in [5.74, 6) is 0. The molecular formula is C36H23NOS. The van der Waals surface area contributed by atoms with E-state index >= 15 is 0 Å². The number of rotatable bonds is 4. The number of fused-ring (bicyclic) bond motifs is 6. The lowest BCUT2D eigenvalue weighted by Crippen LogP contribution is -2.10. The SMILES string of the molecule is c1ccc(-c2ccc(N(c3ccc4oc5ccccc5c4c3)c3cccc4sc5ccccc5c34)cc2)cc1. The van der Waals surface area contributed by atoms with Crippen LogP contribution >= 0.6 is 11.3 Å². The van der Waals surface area contributed by atoms with Gasteiger partial charge in [0, 0.05) is 42.3 Å². The maximum absolute atomic E-state index is 6.16. The monoisotopic (exact) mass is 517 g/mol. The fourth-order valence-corrected chi connectivity index (χ4v) is 6.78. The Kier molecular flexibility index (Phi) is 5.04. The van der Waals surface area contributed by atoms with E-state index in [1.807, 2.05) is 23.5 Å². The molecule has 8 aromatic rings. The predicted molar refractivity (Wildman–Crippen MR) is 167 cm³/mol. The molecule has 0 unspecified atom stereocenters. The molecule has 2 nitrogen and oxygen atoms in total. The van der Waals surface area contributed by atoms with Gasteiger partial charge in [-0.05, 0) is 65.7 Å². The molecule has 0 aliphatic rings. The molecule has 0 aliphatic heterocycles. The van der Waals surface area contributed by atoms with Crippen LogP contribution in [0.4, 0.5) is 17.1 Å². The van der Waals surface area contributed by atoms with Crippen LogP contribution in [-0.4, -0.2) is 0 Å². The summed E-state index contributed by atoms with van der Waals surface area (Å²) >= 11 is 1.85. The zero-order valence-electron chi connectivity index (χ0n) is 21.0. The number of anilines is 3. The first-order valence-electron chi connectivity index (χ1n) is 13.1. The molecule has 39 heavy (non-hydrogen) atoms. The van der Waals surface area contributed by atoms with Crippen molar-refractivity contribution < 1.29 is 4.42 Å². The highest BCUT2D eigenvalue weighted by Gasteiger charge is 2.19. The van der Waals surface area contributed by atoms with Crippen LogP contribution in [0.3, 0.4) is 0 Å². The number of hydrogen-bond donors (Lipinski definition) is 0. The summed E-state index contributed by atoms with van der Waals surface area (Å²) in [4.78, 5) is 2.39. The van der Waals surface area contributed by atoms with Gasteiger partial charge in [-0.1, -0.05) is 84.9 Å². The van der Waals surface area contributed by atoms with E-state index < -0.39 is 0 Å². The average molecular weight is 518 g/mol. The molecular weight excluding hydrogens is 494 g/mol. The third kappa shape index (κ3) is 3.63. The van der Waals surface area contributed by atoms with Crippen molar-refractivity contribution in [2.24, 2.45) is 0 Å². The number of thiophene rings is 1. The first-order valence-corrected chi connectivity index (χ1v) is 13.9. The largest absolute Gasteiger partial charge is 0.456 e. The summed E-state index contributed by atoms with van der Waals surface area (Å²) in [7, 11) is 0. The van der Waals surface area contributed by atoms with Crippen molar-refractivity contribution in [2.75, 3.05) is 4.90 Å². The Balaban J connectivity index is 1.38. The number of furan rings is 1. The molecule has 0 spiro atoms. The third-order valence-electron chi connectivity index (χ3n) is 7.47. The number of benzene rings is 6. The maximum Gasteiger partial charge on any atom is 0.135 e. The molecule has 8 rings (SSSR count). The Morgan fingerprint density at radius 3 is 2.00 bits per heavy atom. The van der Waals surface area contributed by atoms with Gasteiger partial charge in [-0.15, -0.1) is 11.3 Å². The van der Waals surface area contributed by atoms with Crippen LogP contribution in [0, 0.1) is 0 Å². The number of nitrogens with zero attached hydrogens (tertiary/aromatic N) is 1. The average Bonchev–Trinajstić information content (AvgIpc) is 3.57. The molecule has 184 valence electrons. The number of hydrogen-bond acceptors (Lipinski definition) is 3. The van der Waals surface area contributed by atoms with Crippen LogP contribution in [0.25, 0.3) is 53.2 Å². The summed E-state index contributed by atoms with van der Waals surface area (Å²) in [5.41, 5.74) is 7.62. The van der Waals surface area contributed by atoms with Gasteiger partial charge in [0.25, 0.3) is 0 Å². The van der Waals surface area contributed by atoms with Gasteiger partial charge in [0.2, 0.25) is 0 Å². The predicted octanol–water partition coefficient (Wildman–Crippen LogP) is 11.1. The zero-order chi connectivity index (χ0) is 25.8. The fraction of sp³-hybridized carbons (Fsp3) is 0.